The Hall–Kier alpha value is -3.09. The molecule has 32 heavy (non-hydrogen) atoms. The minimum Gasteiger partial charge on any atom is -0.405 e. The Kier molecular flexibility index (Phi) is 5.74. The monoisotopic (exact) mass is 483 g/mol. The molecule has 0 aliphatic carbocycles. The van der Waals surface area contributed by atoms with Crippen molar-refractivity contribution in [1.82, 2.24) is 5.16 Å². The molecule has 0 saturated carbocycles. The highest BCUT2D eigenvalue weighted by atomic mass is 32.2. The molecule has 1 aromatic heterocycles. The maximum atomic E-state index is 14.3. The zero-order chi connectivity index (χ0) is 24.1. The fourth-order valence-corrected chi connectivity index (χ4v) is 3.62. The average molecular weight is 483 g/mol. The fourth-order valence-electron chi connectivity index (χ4n) is 2.89. The predicted octanol–water partition coefficient (Wildman–Crippen LogP) is 5.78. The molecule has 3 aromatic rings. The zero-order valence-corrected chi connectivity index (χ0v) is 16.9. The van der Waals surface area contributed by atoms with Crippen LogP contribution in [0.5, 0.6) is 5.75 Å². The minimum atomic E-state index is -5.09. The summed E-state index contributed by atoms with van der Waals surface area (Å²) >= 11 is 0. The number of alkyl halides is 6. The predicted molar refractivity (Wildman–Crippen MR) is 96.9 cm³/mol. The third-order valence-electron chi connectivity index (χ3n) is 4.26. The molecule has 3 rings (SSSR count). The van der Waals surface area contributed by atoms with Crippen LogP contribution in [-0.4, -0.2) is 26.2 Å². The second-order valence-electron chi connectivity index (χ2n) is 6.68. The van der Waals surface area contributed by atoms with Gasteiger partial charge >= 0.3 is 12.5 Å². The molecule has 0 unspecified atom stereocenters. The molecule has 0 saturated heterocycles. The molecule has 0 aliphatic heterocycles. The van der Waals surface area contributed by atoms with Crippen LogP contribution in [0.1, 0.15) is 11.3 Å². The fraction of sp³-hybridized carbons (Fsp3) is 0.211. The van der Waals surface area contributed by atoms with Crippen molar-refractivity contribution in [3.05, 3.63) is 53.5 Å². The van der Waals surface area contributed by atoms with Crippen molar-refractivity contribution < 1.29 is 48.4 Å². The van der Waals surface area contributed by atoms with E-state index < -0.39 is 61.4 Å². The minimum absolute atomic E-state index is 0.0377. The molecule has 5 nitrogen and oxygen atoms in total. The van der Waals surface area contributed by atoms with Gasteiger partial charge in [-0.25, -0.2) is 12.8 Å². The standard InChI is InChI=1S/C19H12F7NO4S/c1-9-3-4-11(8-13(9)30-19(24,25)26)16-15(17(31-27-16)18(21,22)23)10-5-6-14(12(20)7-10)32(2,28)29/h3-8H,1-2H3. The van der Waals surface area contributed by atoms with Crippen LogP contribution >= 0.6 is 0 Å². The number of hydrogen-bond acceptors (Lipinski definition) is 5. The molecule has 0 aliphatic rings. The third kappa shape index (κ3) is 4.87. The summed E-state index contributed by atoms with van der Waals surface area (Å²) in [7, 11) is -4.01. The van der Waals surface area contributed by atoms with E-state index >= 15 is 0 Å². The second-order valence-corrected chi connectivity index (χ2v) is 8.66. The van der Waals surface area contributed by atoms with E-state index in [1.54, 1.807) is 0 Å². The highest BCUT2D eigenvalue weighted by Gasteiger charge is 2.41. The summed E-state index contributed by atoms with van der Waals surface area (Å²) in [6.45, 7) is 1.29. The maximum Gasteiger partial charge on any atom is 0.573 e. The lowest BCUT2D eigenvalue weighted by atomic mass is 9.98. The Morgan fingerprint density at radius 2 is 1.59 bits per heavy atom. The molecule has 0 bridgehead atoms. The topological polar surface area (TPSA) is 69.4 Å². The lowest BCUT2D eigenvalue weighted by molar-refractivity contribution is -0.274. The number of halogens is 7. The Bertz CT molecular complexity index is 1280. The van der Waals surface area contributed by atoms with Crippen molar-refractivity contribution in [2.75, 3.05) is 6.26 Å². The number of aromatic nitrogens is 1. The van der Waals surface area contributed by atoms with Gasteiger partial charge in [-0.15, -0.1) is 13.2 Å². The molecule has 0 atom stereocenters. The van der Waals surface area contributed by atoms with Gasteiger partial charge in [0.15, 0.2) is 9.84 Å². The number of nitrogens with zero attached hydrogens (tertiary/aromatic N) is 1. The summed E-state index contributed by atoms with van der Waals surface area (Å²) in [6, 6.07) is 5.38. The number of benzene rings is 2. The Labute approximate surface area is 176 Å². The Morgan fingerprint density at radius 1 is 0.969 bits per heavy atom. The molecular weight excluding hydrogens is 471 g/mol. The number of sulfone groups is 1. The van der Waals surface area contributed by atoms with E-state index in [1.165, 1.54) is 13.0 Å². The first kappa shape index (κ1) is 23.6. The van der Waals surface area contributed by atoms with E-state index in [9.17, 15) is 39.2 Å². The first-order chi connectivity index (χ1) is 14.6. The van der Waals surface area contributed by atoms with Gasteiger partial charge in [0.05, 0.1) is 5.56 Å². The third-order valence-corrected chi connectivity index (χ3v) is 5.39. The molecule has 0 spiro atoms. The number of aryl methyl sites for hydroxylation is 1. The van der Waals surface area contributed by atoms with Crippen molar-refractivity contribution >= 4 is 9.84 Å². The first-order valence-electron chi connectivity index (χ1n) is 8.51. The van der Waals surface area contributed by atoms with E-state index in [2.05, 4.69) is 14.4 Å². The first-order valence-corrected chi connectivity index (χ1v) is 10.4. The van der Waals surface area contributed by atoms with E-state index in [4.69, 9.17) is 0 Å². The SMILES string of the molecule is Cc1ccc(-c2noc(C(F)(F)F)c2-c2ccc(S(C)(=O)=O)c(F)c2)cc1OC(F)(F)F. The van der Waals surface area contributed by atoms with Crippen molar-refractivity contribution in [3.8, 4) is 28.1 Å². The molecule has 2 aromatic carbocycles. The quantitative estimate of drug-likeness (QED) is 0.441. The van der Waals surface area contributed by atoms with Crippen LogP contribution in [0.3, 0.4) is 0 Å². The summed E-state index contributed by atoms with van der Waals surface area (Å²) in [5.41, 5.74) is -1.97. The molecule has 172 valence electrons. The smallest absolute Gasteiger partial charge is 0.405 e. The summed E-state index contributed by atoms with van der Waals surface area (Å²) in [4.78, 5) is -0.746. The van der Waals surface area contributed by atoms with Crippen LogP contribution < -0.4 is 4.74 Å². The van der Waals surface area contributed by atoms with Crippen LogP contribution in [0.25, 0.3) is 22.4 Å². The summed E-state index contributed by atoms with van der Waals surface area (Å²) in [5.74, 6) is -3.65. The Morgan fingerprint density at radius 3 is 2.12 bits per heavy atom. The highest BCUT2D eigenvalue weighted by molar-refractivity contribution is 7.90. The molecule has 1 heterocycles. The normalized spacial score (nSPS) is 12.8. The Balaban J connectivity index is 2.24. The van der Waals surface area contributed by atoms with Crippen LogP contribution in [0.2, 0.25) is 0 Å². The number of hydrogen-bond donors (Lipinski definition) is 0. The van der Waals surface area contributed by atoms with Gasteiger partial charge in [-0.1, -0.05) is 23.4 Å². The largest absolute Gasteiger partial charge is 0.573 e. The van der Waals surface area contributed by atoms with Crippen LogP contribution in [0, 0.1) is 12.7 Å². The van der Waals surface area contributed by atoms with Crippen LogP contribution in [0.4, 0.5) is 30.7 Å². The summed E-state index contributed by atoms with van der Waals surface area (Å²) < 4.78 is 124. The lowest BCUT2D eigenvalue weighted by Crippen LogP contribution is -2.17. The summed E-state index contributed by atoms with van der Waals surface area (Å²) in [5, 5.41) is 3.32. The van der Waals surface area contributed by atoms with Crippen molar-refractivity contribution in [3.63, 3.8) is 0 Å². The van der Waals surface area contributed by atoms with Crippen LogP contribution in [0.15, 0.2) is 45.8 Å². The van der Waals surface area contributed by atoms with E-state index in [-0.39, 0.29) is 11.1 Å². The molecular formula is C19H12F7NO4S. The van der Waals surface area contributed by atoms with Gasteiger partial charge in [0.1, 0.15) is 22.2 Å². The van der Waals surface area contributed by atoms with Crippen molar-refractivity contribution in [1.29, 1.82) is 0 Å². The van der Waals surface area contributed by atoms with Gasteiger partial charge in [-0.05, 0) is 36.2 Å². The lowest BCUT2D eigenvalue weighted by Gasteiger charge is -2.13. The van der Waals surface area contributed by atoms with E-state index in [0.717, 1.165) is 24.3 Å². The molecule has 0 N–H and O–H groups in total. The molecule has 13 heteroatoms. The van der Waals surface area contributed by atoms with Gasteiger partial charge in [-0.2, -0.15) is 13.2 Å². The van der Waals surface area contributed by atoms with Gasteiger partial charge in [0.25, 0.3) is 0 Å². The number of rotatable bonds is 4. The molecule has 0 amide bonds. The maximum absolute atomic E-state index is 14.3. The second kappa shape index (κ2) is 7.80. The van der Waals surface area contributed by atoms with E-state index in [0.29, 0.717) is 12.3 Å². The number of ether oxygens (including phenoxy) is 1. The average Bonchev–Trinajstić information content (AvgIpc) is 3.06. The zero-order valence-electron chi connectivity index (χ0n) is 16.1. The molecule has 0 radical (unpaired) electrons. The van der Waals surface area contributed by atoms with Gasteiger partial charge in [-0.3, -0.25) is 0 Å². The van der Waals surface area contributed by atoms with Crippen LogP contribution in [-0.2, 0) is 16.0 Å². The van der Waals surface area contributed by atoms with Gasteiger partial charge in [0.2, 0.25) is 5.76 Å². The highest BCUT2D eigenvalue weighted by Crippen LogP contribution is 2.44. The van der Waals surface area contributed by atoms with E-state index in [1.807, 2.05) is 0 Å². The van der Waals surface area contributed by atoms with Crippen molar-refractivity contribution in [2.24, 2.45) is 0 Å². The van der Waals surface area contributed by atoms with Crippen molar-refractivity contribution in [2.45, 2.75) is 24.4 Å². The van der Waals surface area contributed by atoms with Gasteiger partial charge in [0, 0.05) is 11.8 Å². The van der Waals surface area contributed by atoms with Gasteiger partial charge < -0.3 is 9.26 Å². The summed E-state index contributed by atoms with van der Waals surface area (Å²) in [6.07, 6.45) is -9.44. The molecule has 0 fully saturated rings.